The highest BCUT2D eigenvalue weighted by molar-refractivity contribution is 6.47. The van der Waals surface area contributed by atoms with Gasteiger partial charge in [0.2, 0.25) is 0 Å². The van der Waals surface area contributed by atoms with Crippen molar-refractivity contribution in [1.29, 1.82) is 0 Å². The van der Waals surface area contributed by atoms with Gasteiger partial charge in [0.25, 0.3) is 9.76 Å². The van der Waals surface area contributed by atoms with E-state index in [0.29, 0.717) is 9.76 Å². The highest BCUT2D eigenvalue weighted by Gasteiger charge is 2.17. The van der Waals surface area contributed by atoms with Crippen molar-refractivity contribution in [1.82, 2.24) is 0 Å². The van der Waals surface area contributed by atoms with Gasteiger partial charge >= 0.3 is 0 Å². The van der Waals surface area contributed by atoms with E-state index >= 15 is 0 Å². The van der Waals surface area contributed by atoms with Crippen molar-refractivity contribution in [3.63, 3.8) is 0 Å². The lowest BCUT2D eigenvalue weighted by Gasteiger charge is -2.22. The molecule has 1 aromatic carbocycles. The number of benzene rings is 1. The highest BCUT2D eigenvalue weighted by Crippen LogP contribution is 2.19. The van der Waals surface area contributed by atoms with E-state index < -0.39 is 0 Å². The molecule has 0 unspecified atom stereocenters. The van der Waals surface area contributed by atoms with Crippen molar-refractivity contribution < 1.29 is 4.43 Å². The van der Waals surface area contributed by atoms with E-state index in [1.807, 2.05) is 6.92 Å². The largest absolute Gasteiger partial charge is 0.412 e. The molecule has 2 heteroatoms. The molecule has 14 heavy (non-hydrogen) atoms. The van der Waals surface area contributed by atoms with Crippen molar-refractivity contribution in [3.8, 4) is 0 Å². The van der Waals surface area contributed by atoms with Crippen LogP contribution in [0.3, 0.4) is 0 Å². The van der Waals surface area contributed by atoms with E-state index in [1.165, 1.54) is 10.8 Å². The van der Waals surface area contributed by atoms with Gasteiger partial charge in [-0.1, -0.05) is 45.0 Å². The Kier molecular flexibility index (Phi) is 3.90. The smallest absolute Gasteiger partial charge is 0.268 e. The molecule has 0 saturated carbocycles. The molecule has 0 atom stereocenters. The Labute approximate surface area is 89.4 Å². The molecule has 0 aromatic heterocycles. The van der Waals surface area contributed by atoms with E-state index in [4.69, 9.17) is 4.43 Å². The normalized spacial score (nSPS) is 11.7. The van der Waals surface area contributed by atoms with Gasteiger partial charge in [-0.3, -0.25) is 0 Å². The number of hydrogen-bond acceptors (Lipinski definition) is 1. The van der Waals surface area contributed by atoms with Crippen molar-refractivity contribution >= 4 is 14.9 Å². The maximum absolute atomic E-state index is 5.48. The Morgan fingerprint density at radius 2 is 1.86 bits per heavy atom. The second kappa shape index (κ2) is 4.76. The summed E-state index contributed by atoms with van der Waals surface area (Å²) in [5.41, 5.74) is 1.60. The van der Waals surface area contributed by atoms with Crippen LogP contribution in [0.25, 0.3) is 0 Å². The standard InChI is InChI=1S/C12H18OSi/c1-5-13-14-11-9-7-6-8-10(11)12(2,3)4/h6-9H,5H2,1-4H3. The monoisotopic (exact) mass is 206 g/mol. The fourth-order valence-electron chi connectivity index (χ4n) is 1.38. The molecule has 0 aliphatic rings. The third kappa shape index (κ3) is 2.96. The Hall–Kier alpha value is -0.603. The fourth-order valence-corrected chi connectivity index (χ4v) is 2.41. The minimum Gasteiger partial charge on any atom is -0.412 e. The average molecular weight is 206 g/mol. The van der Waals surface area contributed by atoms with Gasteiger partial charge in [0.15, 0.2) is 0 Å². The fraction of sp³-hybridized carbons (Fsp3) is 0.500. The van der Waals surface area contributed by atoms with E-state index in [2.05, 4.69) is 45.0 Å². The predicted molar refractivity (Wildman–Crippen MR) is 62.2 cm³/mol. The summed E-state index contributed by atoms with van der Waals surface area (Å²) < 4.78 is 5.48. The summed E-state index contributed by atoms with van der Waals surface area (Å²) in [7, 11) is 0.477. The summed E-state index contributed by atoms with van der Waals surface area (Å²) in [6, 6.07) is 8.53. The minimum absolute atomic E-state index is 0.209. The highest BCUT2D eigenvalue weighted by atomic mass is 28.2. The predicted octanol–water partition coefficient (Wildman–Crippen LogP) is 2.27. The molecule has 1 rings (SSSR count). The summed E-state index contributed by atoms with van der Waals surface area (Å²) in [6.07, 6.45) is 0. The second-order valence-electron chi connectivity index (χ2n) is 4.33. The molecule has 2 radical (unpaired) electrons. The van der Waals surface area contributed by atoms with Crippen LogP contribution in [0.2, 0.25) is 0 Å². The lowest BCUT2D eigenvalue weighted by atomic mass is 9.87. The molecule has 1 aromatic rings. The molecule has 0 aliphatic heterocycles. The van der Waals surface area contributed by atoms with Crippen LogP contribution in [0.15, 0.2) is 24.3 Å². The van der Waals surface area contributed by atoms with Crippen LogP contribution in [0, 0.1) is 0 Å². The molecular formula is C12H18OSi. The van der Waals surface area contributed by atoms with Crippen LogP contribution in [-0.4, -0.2) is 16.4 Å². The van der Waals surface area contributed by atoms with Crippen molar-refractivity contribution in [2.24, 2.45) is 0 Å². The van der Waals surface area contributed by atoms with Crippen LogP contribution < -0.4 is 5.19 Å². The molecule has 0 amide bonds. The van der Waals surface area contributed by atoms with Crippen LogP contribution in [-0.2, 0) is 9.84 Å². The van der Waals surface area contributed by atoms with E-state index in [9.17, 15) is 0 Å². The second-order valence-corrected chi connectivity index (χ2v) is 5.36. The van der Waals surface area contributed by atoms with Crippen LogP contribution in [0.4, 0.5) is 0 Å². The average Bonchev–Trinajstić information content (AvgIpc) is 2.14. The third-order valence-corrected chi connectivity index (χ3v) is 3.15. The van der Waals surface area contributed by atoms with Gasteiger partial charge in [-0.15, -0.1) is 0 Å². The summed E-state index contributed by atoms with van der Waals surface area (Å²) in [5.74, 6) is 0. The molecule has 1 nitrogen and oxygen atoms in total. The molecule has 0 N–H and O–H groups in total. The number of rotatable bonds is 3. The van der Waals surface area contributed by atoms with Gasteiger partial charge in [0, 0.05) is 6.61 Å². The first kappa shape index (κ1) is 11.5. The summed E-state index contributed by atoms with van der Waals surface area (Å²) >= 11 is 0. The zero-order chi connectivity index (χ0) is 10.6. The molecule has 0 saturated heterocycles. The maximum atomic E-state index is 5.48. The Bertz CT molecular complexity index is 289. The van der Waals surface area contributed by atoms with E-state index in [0.717, 1.165) is 6.61 Å². The molecule has 0 heterocycles. The SMILES string of the molecule is CCO[Si]c1ccccc1C(C)(C)C. The van der Waals surface area contributed by atoms with Crippen molar-refractivity contribution in [2.45, 2.75) is 33.1 Å². The lowest BCUT2D eigenvalue weighted by Crippen LogP contribution is -2.28. The molecule has 76 valence electrons. The first-order chi connectivity index (χ1) is 6.55. The summed E-state index contributed by atoms with van der Waals surface area (Å²) in [6.45, 7) is 9.54. The Morgan fingerprint density at radius 3 is 2.43 bits per heavy atom. The van der Waals surface area contributed by atoms with Gasteiger partial charge in [-0.2, -0.15) is 0 Å². The van der Waals surface area contributed by atoms with Crippen molar-refractivity contribution in [3.05, 3.63) is 29.8 Å². The molecular weight excluding hydrogens is 188 g/mol. The summed E-state index contributed by atoms with van der Waals surface area (Å²) in [5, 5.41) is 1.34. The van der Waals surface area contributed by atoms with E-state index in [-0.39, 0.29) is 5.41 Å². The van der Waals surface area contributed by atoms with Gasteiger partial charge in [-0.05, 0) is 23.1 Å². The van der Waals surface area contributed by atoms with Crippen LogP contribution >= 0.6 is 0 Å². The van der Waals surface area contributed by atoms with Gasteiger partial charge in [0.05, 0.1) is 0 Å². The van der Waals surface area contributed by atoms with Gasteiger partial charge < -0.3 is 4.43 Å². The van der Waals surface area contributed by atoms with Crippen molar-refractivity contribution in [2.75, 3.05) is 6.61 Å². The maximum Gasteiger partial charge on any atom is 0.268 e. The molecule has 0 aliphatic carbocycles. The lowest BCUT2D eigenvalue weighted by molar-refractivity contribution is 0.367. The zero-order valence-corrected chi connectivity index (χ0v) is 10.4. The zero-order valence-electron chi connectivity index (χ0n) is 9.42. The van der Waals surface area contributed by atoms with Gasteiger partial charge in [-0.25, -0.2) is 0 Å². The minimum atomic E-state index is 0.209. The molecule has 0 spiro atoms. The van der Waals surface area contributed by atoms with Gasteiger partial charge in [0.1, 0.15) is 0 Å². The molecule has 0 bridgehead atoms. The summed E-state index contributed by atoms with van der Waals surface area (Å²) in [4.78, 5) is 0. The first-order valence-corrected chi connectivity index (χ1v) is 5.94. The quantitative estimate of drug-likeness (QED) is 0.689. The Balaban J connectivity index is 2.92. The first-order valence-electron chi connectivity index (χ1n) is 5.03. The third-order valence-electron chi connectivity index (χ3n) is 2.06. The van der Waals surface area contributed by atoms with Crippen LogP contribution in [0.1, 0.15) is 33.3 Å². The van der Waals surface area contributed by atoms with E-state index in [1.54, 1.807) is 0 Å². The Morgan fingerprint density at radius 1 is 1.21 bits per heavy atom. The topological polar surface area (TPSA) is 9.23 Å². The molecule has 0 fully saturated rings. The van der Waals surface area contributed by atoms with Crippen LogP contribution in [0.5, 0.6) is 0 Å². The number of hydrogen-bond donors (Lipinski definition) is 0.